The smallest absolute Gasteiger partial charge is 0.416 e. The van der Waals surface area contributed by atoms with Crippen LogP contribution in [0.15, 0.2) is 47.1 Å². The van der Waals surface area contributed by atoms with E-state index in [4.69, 9.17) is 26.8 Å². The molecule has 0 amide bonds. The van der Waals surface area contributed by atoms with Gasteiger partial charge in [0.05, 0.1) is 29.5 Å². The zero-order valence-electron chi connectivity index (χ0n) is 13.6. The lowest BCUT2D eigenvalue weighted by Gasteiger charge is -2.29. The zero-order chi connectivity index (χ0) is 19.5. The molecule has 0 saturated heterocycles. The Hall–Kier alpha value is -2.66. The van der Waals surface area contributed by atoms with Crippen molar-refractivity contribution in [3.05, 3.63) is 58.2 Å². The summed E-state index contributed by atoms with van der Waals surface area (Å²) < 4.78 is 50.5. The predicted molar refractivity (Wildman–Crippen MR) is 86.5 cm³/mol. The van der Waals surface area contributed by atoms with Crippen LogP contribution in [0.5, 0.6) is 0 Å². The van der Waals surface area contributed by atoms with E-state index in [0.717, 1.165) is 6.07 Å². The van der Waals surface area contributed by atoms with Crippen LogP contribution in [0.25, 0.3) is 0 Å². The number of alkyl halides is 4. The van der Waals surface area contributed by atoms with Crippen molar-refractivity contribution in [2.24, 2.45) is 5.73 Å². The van der Waals surface area contributed by atoms with Gasteiger partial charge in [-0.1, -0.05) is 18.2 Å². The summed E-state index contributed by atoms with van der Waals surface area (Å²) in [4.78, 5) is 12.4. The van der Waals surface area contributed by atoms with Crippen molar-refractivity contribution < 1.29 is 27.4 Å². The van der Waals surface area contributed by atoms with E-state index in [1.165, 1.54) is 25.1 Å². The lowest BCUT2D eigenvalue weighted by atomic mass is 9.81. The van der Waals surface area contributed by atoms with Crippen LogP contribution in [0.4, 0.5) is 13.2 Å². The average Bonchev–Trinajstić information content (AvgIpc) is 2.60. The molecule has 2 N–H and O–H groups in total. The maximum absolute atomic E-state index is 13.5. The Labute approximate surface area is 152 Å². The summed E-state index contributed by atoms with van der Waals surface area (Å²) >= 11 is 5.78. The molecule has 0 aromatic heterocycles. The number of rotatable bonds is 4. The number of halogens is 4. The number of esters is 1. The average molecular weight is 387 g/mol. The summed E-state index contributed by atoms with van der Waals surface area (Å²) in [6, 6.07) is 6.34. The van der Waals surface area contributed by atoms with E-state index in [1.807, 2.05) is 0 Å². The molecule has 1 unspecified atom stereocenters. The van der Waals surface area contributed by atoms with Gasteiger partial charge in [0.1, 0.15) is 17.4 Å². The second-order valence-corrected chi connectivity index (χ2v) is 5.47. The van der Waals surface area contributed by atoms with Crippen LogP contribution < -0.4 is 5.73 Å². The van der Waals surface area contributed by atoms with Gasteiger partial charge in [-0.3, -0.25) is 0 Å². The molecule has 26 heavy (non-hydrogen) atoms. The number of benzene rings is 1. The molecule has 2 rings (SSSR count). The molecule has 1 heterocycles. The predicted octanol–water partition coefficient (Wildman–Crippen LogP) is 3.57. The largest absolute Gasteiger partial charge is 0.463 e. The van der Waals surface area contributed by atoms with Crippen LogP contribution in [0.1, 0.15) is 24.0 Å². The molecule has 1 aliphatic rings. The molecule has 138 valence electrons. The normalized spacial score (nSPS) is 17.6. The fourth-order valence-corrected chi connectivity index (χ4v) is 2.87. The fraction of sp³-hybridized carbons (Fsp3) is 0.294. The van der Waals surface area contributed by atoms with Gasteiger partial charge in [-0.15, -0.1) is 11.6 Å². The van der Waals surface area contributed by atoms with Crippen molar-refractivity contribution >= 4 is 17.6 Å². The number of carbonyl (C=O) groups excluding carboxylic acids is 1. The SMILES string of the molecule is CCOC(=O)C1=C(CCl)OC(N)=C(C#N)C1c1ccccc1C(F)(F)F. The lowest BCUT2D eigenvalue weighted by Crippen LogP contribution is -2.28. The fourth-order valence-electron chi connectivity index (χ4n) is 2.67. The minimum Gasteiger partial charge on any atom is -0.463 e. The van der Waals surface area contributed by atoms with Crippen molar-refractivity contribution in [2.75, 3.05) is 12.5 Å². The highest BCUT2D eigenvalue weighted by atomic mass is 35.5. The topological polar surface area (TPSA) is 85.3 Å². The number of nitriles is 1. The standard InChI is InChI=1S/C17H14ClF3N2O3/c1-2-25-16(24)14-12(7-18)26-15(23)10(8-22)13(14)9-5-3-4-6-11(9)17(19,20)21/h3-6,13H,2,7,23H2,1H3. The number of hydrogen-bond acceptors (Lipinski definition) is 5. The number of allylic oxidation sites excluding steroid dienone is 2. The third kappa shape index (κ3) is 3.63. The quantitative estimate of drug-likeness (QED) is 0.631. The summed E-state index contributed by atoms with van der Waals surface area (Å²) in [6.45, 7) is 1.52. The molecular weight excluding hydrogens is 373 g/mol. The van der Waals surface area contributed by atoms with Gasteiger partial charge >= 0.3 is 12.1 Å². The number of nitrogens with zero attached hydrogens (tertiary/aromatic N) is 1. The van der Waals surface area contributed by atoms with Gasteiger partial charge < -0.3 is 15.2 Å². The first kappa shape index (κ1) is 19.7. The highest BCUT2D eigenvalue weighted by Crippen LogP contribution is 2.44. The Kier molecular flexibility index (Phi) is 5.83. The van der Waals surface area contributed by atoms with Crippen molar-refractivity contribution in [3.8, 4) is 6.07 Å². The van der Waals surface area contributed by atoms with Crippen molar-refractivity contribution in [1.29, 1.82) is 5.26 Å². The Morgan fingerprint density at radius 1 is 1.42 bits per heavy atom. The van der Waals surface area contributed by atoms with Gasteiger partial charge in [0.15, 0.2) is 0 Å². The number of ether oxygens (including phenoxy) is 2. The van der Waals surface area contributed by atoms with E-state index in [1.54, 1.807) is 6.07 Å². The molecule has 1 aromatic carbocycles. The van der Waals surface area contributed by atoms with Gasteiger partial charge in [0, 0.05) is 0 Å². The number of carbonyl (C=O) groups is 1. The summed E-state index contributed by atoms with van der Waals surface area (Å²) in [5.74, 6) is -3.22. The van der Waals surface area contributed by atoms with Crippen LogP contribution >= 0.6 is 11.6 Å². The molecule has 5 nitrogen and oxygen atoms in total. The van der Waals surface area contributed by atoms with Gasteiger partial charge in [-0.05, 0) is 18.6 Å². The lowest BCUT2D eigenvalue weighted by molar-refractivity contribution is -0.140. The monoisotopic (exact) mass is 386 g/mol. The maximum atomic E-state index is 13.5. The number of nitrogens with two attached hydrogens (primary N) is 1. The highest BCUT2D eigenvalue weighted by Gasteiger charge is 2.42. The van der Waals surface area contributed by atoms with Crippen LogP contribution in [-0.4, -0.2) is 18.5 Å². The molecule has 0 saturated carbocycles. The second kappa shape index (κ2) is 7.70. The Morgan fingerprint density at radius 2 is 2.08 bits per heavy atom. The molecule has 0 aliphatic carbocycles. The minimum absolute atomic E-state index is 0.0212. The van der Waals surface area contributed by atoms with E-state index >= 15 is 0 Å². The molecule has 9 heteroatoms. The van der Waals surface area contributed by atoms with Gasteiger partial charge in [0.25, 0.3) is 0 Å². The van der Waals surface area contributed by atoms with E-state index in [2.05, 4.69) is 0 Å². The molecule has 1 atom stereocenters. The van der Waals surface area contributed by atoms with E-state index in [-0.39, 0.29) is 35.0 Å². The second-order valence-electron chi connectivity index (χ2n) is 5.20. The molecule has 1 aromatic rings. The van der Waals surface area contributed by atoms with Crippen LogP contribution in [0.3, 0.4) is 0 Å². The van der Waals surface area contributed by atoms with Gasteiger partial charge in [-0.2, -0.15) is 18.4 Å². The van der Waals surface area contributed by atoms with Crippen LogP contribution in [-0.2, 0) is 20.4 Å². The molecular formula is C17H14ClF3N2O3. The summed E-state index contributed by atoms with van der Waals surface area (Å²) in [6.07, 6.45) is -4.70. The first-order valence-corrected chi connectivity index (χ1v) is 7.99. The molecule has 0 radical (unpaired) electrons. The van der Waals surface area contributed by atoms with E-state index < -0.39 is 29.5 Å². The summed E-state index contributed by atoms with van der Waals surface area (Å²) in [5, 5.41) is 9.42. The van der Waals surface area contributed by atoms with Crippen molar-refractivity contribution in [3.63, 3.8) is 0 Å². The molecule has 0 bridgehead atoms. The number of hydrogen-bond donors (Lipinski definition) is 1. The first-order chi connectivity index (χ1) is 12.3. The Balaban J connectivity index is 2.79. The van der Waals surface area contributed by atoms with Crippen LogP contribution in [0, 0.1) is 11.3 Å². The third-order valence-corrected chi connectivity index (χ3v) is 3.93. The Morgan fingerprint density at radius 3 is 2.62 bits per heavy atom. The van der Waals surface area contributed by atoms with Crippen molar-refractivity contribution in [2.45, 2.75) is 19.0 Å². The van der Waals surface area contributed by atoms with E-state index in [9.17, 15) is 23.2 Å². The highest BCUT2D eigenvalue weighted by molar-refractivity contribution is 6.19. The minimum atomic E-state index is -4.70. The molecule has 0 spiro atoms. The van der Waals surface area contributed by atoms with Gasteiger partial charge in [0.2, 0.25) is 5.88 Å². The van der Waals surface area contributed by atoms with Crippen LogP contribution in [0.2, 0.25) is 0 Å². The maximum Gasteiger partial charge on any atom is 0.416 e. The first-order valence-electron chi connectivity index (χ1n) is 7.46. The summed E-state index contributed by atoms with van der Waals surface area (Å²) in [5.41, 5.74) is 3.78. The van der Waals surface area contributed by atoms with E-state index in [0.29, 0.717) is 0 Å². The Bertz CT molecular complexity index is 825. The zero-order valence-corrected chi connectivity index (χ0v) is 14.3. The van der Waals surface area contributed by atoms with Crippen molar-refractivity contribution in [1.82, 2.24) is 0 Å². The molecule has 0 fully saturated rings. The third-order valence-electron chi connectivity index (χ3n) is 3.69. The van der Waals surface area contributed by atoms with Gasteiger partial charge in [-0.25, -0.2) is 4.79 Å². The summed E-state index contributed by atoms with van der Waals surface area (Å²) in [7, 11) is 0. The molecule has 1 aliphatic heterocycles.